The molecule has 0 spiro atoms. The first kappa shape index (κ1) is 29.1. The van der Waals surface area contributed by atoms with Crippen molar-refractivity contribution in [3.8, 4) is 33.4 Å². The Kier molecular flexibility index (Phi) is 6.81. The molecular weight excluding hydrogens is 623 g/mol. The highest BCUT2D eigenvalue weighted by atomic mass is 16.3. The van der Waals surface area contributed by atoms with E-state index in [1.54, 1.807) is 0 Å². The molecule has 0 unspecified atom stereocenters. The molecule has 0 fully saturated rings. The molecule has 0 atom stereocenters. The molecule has 0 amide bonds. The maximum atomic E-state index is 6.46. The molecular formula is C48H31NO2. The third-order valence-corrected chi connectivity index (χ3v) is 9.89. The molecule has 240 valence electrons. The summed E-state index contributed by atoms with van der Waals surface area (Å²) in [7, 11) is 0. The van der Waals surface area contributed by atoms with Crippen LogP contribution in [0.3, 0.4) is 0 Å². The van der Waals surface area contributed by atoms with Crippen LogP contribution < -0.4 is 4.90 Å². The van der Waals surface area contributed by atoms with Gasteiger partial charge >= 0.3 is 0 Å². The monoisotopic (exact) mass is 653 g/mol. The van der Waals surface area contributed by atoms with Crippen LogP contribution in [0.25, 0.3) is 77.3 Å². The van der Waals surface area contributed by atoms with Crippen LogP contribution in [0.15, 0.2) is 197 Å². The highest BCUT2D eigenvalue weighted by Gasteiger charge is 2.19. The summed E-state index contributed by atoms with van der Waals surface area (Å²) in [5, 5.41) is 4.47. The topological polar surface area (TPSA) is 29.5 Å². The lowest BCUT2D eigenvalue weighted by molar-refractivity contribution is 0.669. The summed E-state index contributed by atoms with van der Waals surface area (Å²) in [5.41, 5.74) is 13.6. The van der Waals surface area contributed by atoms with Crippen molar-refractivity contribution in [1.82, 2.24) is 0 Å². The first-order chi connectivity index (χ1) is 25.3. The molecule has 0 saturated heterocycles. The van der Waals surface area contributed by atoms with Crippen LogP contribution in [0, 0.1) is 0 Å². The zero-order chi connectivity index (χ0) is 33.7. The molecule has 0 aliphatic heterocycles. The first-order valence-corrected chi connectivity index (χ1v) is 17.3. The molecule has 2 heterocycles. The van der Waals surface area contributed by atoms with Crippen LogP contribution >= 0.6 is 0 Å². The summed E-state index contributed by atoms with van der Waals surface area (Å²) >= 11 is 0. The van der Waals surface area contributed by atoms with Crippen LogP contribution in [-0.4, -0.2) is 0 Å². The number of hydrogen-bond acceptors (Lipinski definition) is 3. The van der Waals surface area contributed by atoms with Gasteiger partial charge in [-0.05, 0) is 70.8 Å². The number of rotatable bonds is 6. The van der Waals surface area contributed by atoms with Gasteiger partial charge in [0, 0.05) is 50.1 Å². The number of para-hydroxylation sites is 3. The van der Waals surface area contributed by atoms with Gasteiger partial charge < -0.3 is 13.7 Å². The fraction of sp³-hybridized carbons (Fsp3) is 0. The number of anilines is 3. The Bertz CT molecular complexity index is 2850. The molecule has 8 aromatic carbocycles. The molecule has 0 bridgehead atoms. The fourth-order valence-corrected chi connectivity index (χ4v) is 7.44. The molecule has 2 aromatic heterocycles. The van der Waals surface area contributed by atoms with Crippen LogP contribution in [0.5, 0.6) is 0 Å². The van der Waals surface area contributed by atoms with Gasteiger partial charge in [0.05, 0.1) is 5.69 Å². The zero-order valence-electron chi connectivity index (χ0n) is 27.7. The molecule has 0 radical (unpaired) electrons. The highest BCUT2D eigenvalue weighted by Crippen LogP contribution is 2.43. The van der Waals surface area contributed by atoms with Gasteiger partial charge in [-0.2, -0.15) is 0 Å². The average molecular weight is 654 g/mol. The number of nitrogens with zero attached hydrogens (tertiary/aromatic N) is 1. The molecule has 0 saturated carbocycles. The summed E-state index contributed by atoms with van der Waals surface area (Å²) in [4.78, 5) is 2.33. The molecule has 0 N–H and O–H groups in total. The lowest BCUT2D eigenvalue weighted by atomic mass is 9.99. The number of benzene rings is 8. The van der Waals surface area contributed by atoms with E-state index in [0.29, 0.717) is 0 Å². The van der Waals surface area contributed by atoms with E-state index in [4.69, 9.17) is 8.83 Å². The van der Waals surface area contributed by atoms with Gasteiger partial charge in [0.25, 0.3) is 0 Å². The third kappa shape index (κ3) is 4.98. The largest absolute Gasteiger partial charge is 0.456 e. The van der Waals surface area contributed by atoms with Crippen molar-refractivity contribution < 1.29 is 8.83 Å². The minimum atomic E-state index is 0.864. The lowest BCUT2D eigenvalue weighted by Gasteiger charge is -2.28. The van der Waals surface area contributed by atoms with Gasteiger partial charge in [-0.3, -0.25) is 0 Å². The number of hydrogen-bond donors (Lipinski definition) is 0. The van der Waals surface area contributed by atoms with Crippen LogP contribution in [0.1, 0.15) is 0 Å². The third-order valence-electron chi connectivity index (χ3n) is 9.89. The van der Waals surface area contributed by atoms with Gasteiger partial charge in [0.2, 0.25) is 0 Å². The van der Waals surface area contributed by atoms with Gasteiger partial charge in [0.15, 0.2) is 0 Å². The van der Waals surface area contributed by atoms with Crippen molar-refractivity contribution in [2.45, 2.75) is 0 Å². The smallest absolute Gasteiger partial charge is 0.143 e. The van der Waals surface area contributed by atoms with E-state index in [9.17, 15) is 0 Å². The second-order valence-electron chi connectivity index (χ2n) is 12.9. The molecule has 3 heteroatoms. The minimum absolute atomic E-state index is 0.864. The second kappa shape index (κ2) is 11.9. The Hall–Kier alpha value is -6.84. The maximum Gasteiger partial charge on any atom is 0.143 e. The minimum Gasteiger partial charge on any atom is -0.456 e. The molecule has 0 aliphatic carbocycles. The highest BCUT2D eigenvalue weighted by molar-refractivity contribution is 6.11. The predicted molar refractivity (Wildman–Crippen MR) is 212 cm³/mol. The van der Waals surface area contributed by atoms with Crippen LogP contribution in [0.4, 0.5) is 17.1 Å². The Labute approximate surface area is 295 Å². The van der Waals surface area contributed by atoms with E-state index in [2.05, 4.69) is 175 Å². The van der Waals surface area contributed by atoms with E-state index >= 15 is 0 Å². The van der Waals surface area contributed by atoms with Crippen LogP contribution in [0.2, 0.25) is 0 Å². The lowest BCUT2D eigenvalue weighted by Crippen LogP contribution is -2.11. The average Bonchev–Trinajstić information content (AvgIpc) is 3.77. The SMILES string of the molecule is c1ccc(-c2ccccc2N(c2ccc(-c3ccc4oc5c(-c6ccccc6)cccc5c4c3)cc2)c2ccc3c(c2)oc2ccccc23)cc1. The Morgan fingerprint density at radius 3 is 1.75 bits per heavy atom. The quantitative estimate of drug-likeness (QED) is 0.179. The number of furan rings is 2. The summed E-state index contributed by atoms with van der Waals surface area (Å²) in [6, 6.07) is 66.1. The van der Waals surface area contributed by atoms with Gasteiger partial charge in [-0.1, -0.05) is 133 Å². The van der Waals surface area contributed by atoms with Crippen molar-refractivity contribution in [1.29, 1.82) is 0 Å². The summed E-state index contributed by atoms with van der Waals surface area (Å²) < 4.78 is 12.8. The molecule has 51 heavy (non-hydrogen) atoms. The first-order valence-electron chi connectivity index (χ1n) is 17.3. The van der Waals surface area contributed by atoms with Crippen molar-refractivity contribution in [3.63, 3.8) is 0 Å². The molecule has 0 aliphatic rings. The number of fused-ring (bicyclic) bond motifs is 6. The van der Waals surface area contributed by atoms with E-state index in [0.717, 1.165) is 94.3 Å². The van der Waals surface area contributed by atoms with E-state index in [1.807, 2.05) is 18.2 Å². The second-order valence-corrected chi connectivity index (χ2v) is 12.9. The van der Waals surface area contributed by atoms with Gasteiger partial charge in [0.1, 0.15) is 22.3 Å². The zero-order valence-corrected chi connectivity index (χ0v) is 27.7. The fourth-order valence-electron chi connectivity index (χ4n) is 7.44. The van der Waals surface area contributed by atoms with E-state index in [1.165, 1.54) is 0 Å². The Balaban J connectivity index is 1.09. The normalized spacial score (nSPS) is 11.5. The molecule has 10 rings (SSSR count). The van der Waals surface area contributed by atoms with E-state index < -0.39 is 0 Å². The Morgan fingerprint density at radius 1 is 0.314 bits per heavy atom. The van der Waals surface area contributed by atoms with E-state index in [-0.39, 0.29) is 0 Å². The summed E-state index contributed by atoms with van der Waals surface area (Å²) in [6.45, 7) is 0. The molecule has 3 nitrogen and oxygen atoms in total. The van der Waals surface area contributed by atoms with Gasteiger partial charge in [-0.15, -0.1) is 0 Å². The molecule has 10 aromatic rings. The van der Waals surface area contributed by atoms with Crippen molar-refractivity contribution in [2.24, 2.45) is 0 Å². The Morgan fingerprint density at radius 2 is 0.922 bits per heavy atom. The van der Waals surface area contributed by atoms with Crippen molar-refractivity contribution >= 4 is 60.9 Å². The maximum absolute atomic E-state index is 6.46. The predicted octanol–water partition coefficient (Wildman–Crippen LogP) is 14.0. The summed E-state index contributed by atoms with van der Waals surface area (Å²) in [6.07, 6.45) is 0. The van der Waals surface area contributed by atoms with Crippen LogP contribution in [-0.2, 0) is 0 Å². The van der Waals surface area contributed by atoms with Gasteiger partial charge in [-0.25, -0.2) is 0 Å². The summed E-state index contributed by atoms with van der Waals surface area (Å²) in [5.74, 6) is 0. The van der Waals surface area contributed by atoms with Crippen molar-refractivity contribution in [2.75, 3.05) is 4.90 Å². The van der Waals surface area contributed by atoms with Crippen molar-refractivity contribution in [3.05, 3.63) is 188 Å². The standard InChI is InChI=1S/C48H31NO2/c1-3-12-33(13-4-1)38-16-7-9-20-44(38)49(37-27-28-41-40-17-8-10-21-45(40)50-47(41)31-37)36-25-22-32(23-26-36)35-24-29-46-43(30-35)42-19-11-18-39(48(42)51-46)34-14-5-2-6-15-34/h1-31H.